The molecule has 0 amide bonds. The van der Waals surface area contributed by atoms with Gasteiger partial charge in [-0.05, 0) is 76.4 Å². The van der Waals surface area contributed by atoms with Crippen molar-refractivity contribution in [1.29, 1.82) is 0 Å². The zero-order valence-corrected chi connectivity index (χ0v) is 26.3. The van der Waals surface area contributed by atoms with Crippen molar-refractivity contribution in [2.75, 3.05) is 31.1 Å². The molecule has 1 saturated heterocycles. The molecule has 214 valence electrons. The average molecular weight is 601 g/mol. The number of hydrogen-bond donors (Lipinski definition) is 2. The SMILES string of the molecule is CC(C)(C)O.Cc1cc2nc(-c3csc(N4CCN(C(C)C)CC4)n3)sc2c(-c2ccc(Cl)cc2)c1CC(=O)O. The standard InChI is InChI=1S/C26H27ClN4O2S2.C4H10O/c1-15(2)30-8-10-31(11-9-30)26-29-21(14-34-26)25-28-20-12-16(3)19(13-22(32)33)23(24(20)35-25)17-4-6-18(27)7-5-17;1-4(2,3)5/h4-7,12,14-15H,8-11,13H2,1-3H3,(H,32,33);5H,1-3H3. The molecule has 0 aliphatic carbocycles. The largest absolute Gasteiger partial charge is 0.481 e. The maximum atomic E-state index is 11.7. The van der Waals surface area contributed by atoms with Crippen molar-refractivity contribution in [3.05, 3.63) is 51.9 Å². The van der Waals surface area contributed by atoms with E-state index >= 15 is 0 Å². The number of carboxylic acid groups (broad SMARTS) is 1. The van der Waals surface area contributed by atoms with E-state index in [0.717, 1.165) is 74.5 Å². The van der Waals surface area contributed by atoms with Crippen LogP contribution >= 0.6 is 34.3 Å². The summed E-state index contributed by atoms with van der Waals surface area (Å²) < 4.78 is 0.976. The van der Waals surface area contributed by atoms with Crippen LogP contribution in [0.4, 0.5) is 5.13 Å². The molecule has 1 fully saturated rings. The van der Waals surface area contributed by atoms with Crippen LogP contribution in [0.2, 0.25) is 5.02 Å². The zero-order valence-electron chi connectivity index (χ0n) is 23.9. The Morgan fingerprint density at radius 3 is 2.30 bits per heavy atom. The summed E-state index contributed by atoms with van der Waals surface area (Å²) in [4.78, 5) is 26.4. The number of nitrogens with zero attached hydrogens (tertiary/aromatic N) is 4. The normalized spacial score (nSPS) is 14.5. The highest BCUT2D eigenvalue weighted by molar-refractivity contribution is 7.22. The molecule has 4 aromatic rings. The molecular formula is C30H37ClN4O3S2. The van der Waals surface area contributed by atoms with Crippen molar-refractivity contribution in [3.8, 4) is 21.8 Å². The number of piperazine rings is 1. The van der Waals surface area contributed by atoms with Gasteiger partial charge in [0, 0.05) is 48.2 Å². The Kier molecular flexibility index (Phi) is 9.52. The molecule has 2 N–H and O–H groups in total. The van der Waals surface area contributed by atoms with E-state index in [9.17, 15) is 9.90 Å². The summed E-state index contributed by atoms with van der Waals surface area (Å²) in [7, 11) is 0. The second kappa shape index (κ2) is 12.5. The molecule has 0 saturated carbocycles. The Bertz CT molecular complexity index is 1460. The van der Waals surface area contributed by atoms with Gasteiger partial charge in [0.15, 0.2) is 5.13 Å². The molecule has 0 radical (unpaired) electrons. The summed E-state index contributed by atoms with van der Waals surface area (Å²) >= 11 is 9.36. The smallest absolute Gasteiger partial charge is 0.307 e. The van der Waals surface area contributed by atoms with Crippen molar-refractivity contribution in [3.63, 3.8) is 0 Å². The first kappa shape index (κ1) is 30.4. The summed E-state index contributed by atoms with van der Waals surface area (Å²) in [6, 6.07) is 10.1. The summed E-state index contributed by atoms with van der Waals surface area (Å²) in [5, 5.41) is 22.7. The van der Waals surface area contributed by atoms with E-state index in [1.54, 1.807) is 43.4 Å². The molecule has 2 aromatic carbocycles. The summed E-state index contributed by atoms with van der Waals surface area (Å²) in [5.41, 5.74) is 4.83. The van der Waals surface area contributed by atoms with E-state index in [2.05, 4.69) is 29.0 Å². The highest BCUT2D eigenvalue weighted by Gasteiger charge is 2.23. The number of aryl methyl sites for hydroxylation is 1. The molecule has 0 atom stereocenters. The lowest BCUT2D eigenvalue weighted by Crippen LogP contribution is -2.48. The van der Waals surface area contributed by atoms with E-state index in [4.69, 9.17) is 26.7 Å². The quantitative estimate of drug-likeness (QED) is 0.247. The van der Waals surface area contributed by atoms with Crippen LogP contribution in [-0.2, 0) is 11.2 Å². The molecule has 3 heterocycles. The number of thiazole rings is 2. The molecule has 2 aromatic heterocycles. The number of carbonyl (C=O) groups is 1. The third-order valence-electron chi connectivity index (χ3n) is 6.50. The summed E-state index contributed by atoms with van der Waals surface area (Å²) in [6.07, 6.45) is -0.0455. The van der Waals surface area contributed by atoms with E-state index in [-0.39, 0.29) is 6.42 Å². The van der Waals surface area contributed by atoms with Gasteiger partial charge in [-0.25, -0.2) is 9.97 Å². The molecular weight excluding hydrogens is 564 g/mol. The highest BCUT2D eigenvalue weighted by atomic mass is 35.5. The van der Waals surface area contributed by atoms with Crippen LogP contribution in [0.1, 0.15) is 45.7 Å². The molecule has 0 unspecified atom stereocenters. The topological polar surface area (TPSA) is 89.8 Å². The molecule has 40 heavy (non-hydrogen) atoms. The maximum Gasteiger partial charge on any atom is 0.307 e. The van der Waals surface area contributed by atoms with Crippen LogP contribution in [0.5, 0.6) is 0 Å². The van der Waals surface area contributed by atoms with Crippen molar-refractivity contribution in [2.45, 2.75) is 59.6 Å². The Labute approximate surface area is 249 Å². The van der Waals surface area contributed by atoms with Gasteiger partial charge in [-0.3, -0.25) is 9.69 Å². The number of fused-ring (bicyclic) bond motifs is 1. The van der Waals surface area contributed by atoms with Gasteiger partial charge in [0.25, 0.3) is 0 Å². The van der Waals surface area contributed by atoms with E-state index in [1.165, 1.54) is 0 Å². The molecule has 10 heteroatoms. The monoisotopic (exact) mass is 600 g/mol. The van der Waals surface area contributed by atoms with Crippen molar-refractivity contribution >= 4 is 55.6 Å². The summed E-state index contributed by atoms with van der Waals surface area (Å²) in [6.45, 7) is 15.7. The van der Waals surface area contributed by atoms with Gasteiger partial charge in [0.1, 0.15) is 10.7 Å². The molecule has 1 aliphatic heterocycles. The first-order valence-corrected chi connectivity index (χ1v) is 15.5. The second-order valence-electron chi connectivity index (χ2n) is 11.3. The Morgan fingerprint density at radius 1 is 1.10 bits per heavy atom. The van der Waals surface area contributed by atoms with Crippen molar-refractivity contribution < 1.29 is 15.0 Å². The van der Waals surface area contributed by atoms with Gasteiger partial charge in [-0.2, -0.15) is 0 Å². The highest BCUT2D eigenvalue weighted by Crippen LogP contribution is 2.41. The Morgan fingerprint density at radius 2 is 1.73 bits per heavy atom. The molecule has 0 spiro atoms. The molecule has 5 rings (SSSR count). The maximum absolute atomic E-state index is 11.7. The van der Waals surface area contributed by atoms with Gasteiger partial charge < -0.3 is 15.1 Å². The third kappa shape index (κ3) is 7.59. The van der Waals surface area contributed by atoms with Crippen LogP contribution in [0.3, 0.4) is 0 Å². The van der Waals surface area contributed by atoms with Crippen LogP contribution in [-0.4, -0.2) is 68.9 Å². The first-order valence-electron chi connectivity index (χ1n) is 13.4. The Hall–Kier alpha value is -2.56. The number of rotatable bonds is 6. The van der Waals surface area contributed by atoms with Crippen molar-refractivity contribution in [2.24, 2.45) is 0 Å². The minimum Gasteiger partial charge on any atom is -0.481 e. The Balaban J connectivity index is 0.000000681. The predicted octanol–water partition coefficient (Wildman–Crippen LogP) is 6.98. The van der Waals surface area contributed by atoms with Crippen LogP contribution in [0, 0.1) is 6.92 Å². The fourth-order valence-electron chi connectivity index (χ4n) is 4.58. The lowest BCUT2D eigenvalue weighted by molar-refractivity contribution is -0.136. The van der Waals surface area contributed by atoms with E-state index in [0.29, 0.717) is 11.1 Å². The number of halogens is 1. The first-order chi connectivity index (χ1) is 18.8. The number of aromatic nitrogens is 2. The third-order valence-corrected chi connectivity index (χ3v) is 8.76. The van der Waals surface area contributed by atoms with Crippen molar-refractivity contribution in [1.82, 2.24) is 14.9 Å². The fraction of sp³-hybridized carbons (Fsp3) is 0.433. The molecule has 0 bridgehead atoms. The fourth-order valence-corrected chi connectivity index (χ4v) is 6.75. The van der Waals surface area contributed by atoms with Crippen LogP contribution < -0.4 is 4.90 Å². The molecule has 1 aliphatic rings. The number of benzene rings is 2. The van der Waals surface area contributed by atoms with Gasteiger partial charge in [-0.1, -0.05) is 23.7 Å². The molecule has 7 nitrogen and oxygen atoms in total. The van der Waals surface area contributed by atoms with E-state index < -0.39 is 11.6 Å². The van der Waals surface area contributed by atoms with Gasteiger partial charge in [0.05, 0.1) is 22.2 Å². The van der Waals surface area contributed by atoms with Gasteiger partial charge in [-0.15, -0.1) is 22.7 Å². The van der Waals surface area contributed by atoms with Crippen LogP contribution in [0.15, 0.2) is 35.7 Å². The lowest BCUT2D eigenvalue weighted by atomic mass is 9.93. The number of aliphatic hydroxyl groups is 1. The minimum atomic E-state index is -0.853. The number of aliphatic carboxylic acids is 1. The number of anilines is 1. The minimum absolute atomic E-state index is 0.0455. The number of hydrogen-bond acceptors (Lipinski definition) is 8. The second-order valence-corrected chi connectivity index (χ2v) is 13.6. The lowest BCUT2D eigenvalue weighted by Gasteiger charge is -2.36. The predicted molar refractivity (Wildman–Crippen MR) is 168 cm³/mol. The van der Waals surface area contributed by atoms with Gasteiger partial charge in [0.2, 0.25) is 0 Å². The zero-order chi connectivity index (χ0) is 29.2. The number of carboxylic acids is 1. The van der Waals surface area contributed by atoms with Crippen LogP contribution in [0.25, 0.3) is 32.0 Å². The van der Waals surface area contributed by atoms with Gasteiger partial charge >= 0.3 is 5.97 Å². The van der Waals surface area contributed by atoms with E-state index in [1.807, 2.05) is 37.3 Å². The summed E-state index contributed by atoms with van der Waals surface area (Å²) in [5.74, 6) is -0.853. The average Bonchev–Trinajstić information content (AvgIpc) is 3.51.